The summed E-state index contributed by atoms with van der Waals surface area (Å²) < 4.78 is 2.14. The normalized spacial score (nSPS) is 21.8. The van der Waals surface area contributed by atoms with Crippen LogP contribution in [0, 0.1) is 5.92 Å². The number of nitrogens with one attached hydrogen (secondary N) is 1. The maximum atomic E-state index is 12.1. The summed E-state index contributed by atoms with van der Waals surface area (Å²) in [6.07, 6.45) is 6.16. The zero-order chi connectivity index (χ0) is 14.1. The standard InChI is InChI=1S/C14H20N4O2/c1-9(2)12-5-13(20-17-12)14(19)16-7-11-6-15-8-18(11)10-3-4-10/h6,8-10,13H,3-5,7H2,1-2H3,(H,16,19)/t13-/m0/s1. The molecule has 1 saturated carbocycles. The number of nitrogens with zero attached hydrogens (tertiary/aromatic N) is 3. The fourth-order valence-corrected chi connectivity index (χ4v) is 2.32. The Balaban J connectivity index is 1.51. The molecular formula is C14H20N4O2. The van der Waals surface area contributed by atoms with E-state index in [1.807, 2.05) is 12.5 Å². The molecule has 1 amide bonds. The number of imidazole rings is 1. The molecule has 3 rings (SSSR count). The highest BCUT2D eigenvalue weighted by Crippen LogP contribution is 2.35. The highest BCUT2D eigenvalue weighted by Gasteiger charge is 2.30. The van der Waals surface area contributed by atoms with Crippen LogP contribution in [0.1, 0.15) is 44.8 Å². The van der Waals surface area contributed by atoms with Gasteiger partial charge < -0.3 is 14.7 Å². The summed E-state index contributed by atoms with van der Waals surface area (Å²) in [5.74, 6) is 0.219. The number of oxime groups is 1. The average Bonchev–Trinajstić information content (AvgIpc) is 2.97. The minimum atomic E-state index is -0.482. The van der Waals surface area contributed by atoms with Crippen molar-refractivity contribution in [1.82, 2.24) is 14.9 Å². The Hall–Kier alpha value is -1.85. The Morgan fingerprint density at radius 3 is 3.00 bits per heavy atom. The Labute approximate surface area is 118 Å². The summed E-state index contributed by atoms with van der Waals surface area (Å²) in [7, 11) is 0. The van der Waals surface area contributed by atoms with E-state index in [1.165, 1.54) is 12.8 Å². The second-order valence-corrected chi connectivity index (χ2v) is 5.78. The first-order valence-electron chi connectivity index (χ1n) is 7.16. The van der Waals surface area contributed by atoms with E-state index in [9.17, 15) is 4.79 Å². The Morgan fingerprint density at radius 1 is 1.55 bits per heavy atom. The molecule has 2 aliphatic rings. The van der Waals surface area contributed by atoms with Crippen molar-refractivity contribution in [2.24, 2.45) is 11.1 Å². The highest BCUT2D eigenvalue weighted by atomic mass is 16.6. The molecule has 20 heavy (non-hydrogen) atoms. The van der Waals surface area contributed by atoms with Gasteiger partial charge in [0.05, 0.1) is 24.3 Å². The highest BCUT2D eigenvalue weighted by molar-refractivity contribution is 5.93. The molecule has 1 fully saturated rings. The summed E-state index contributed by atoms with van der Waals surface area (Å²) in [6.45, 7) is 4.60. The van der Waals surface area contributed by atoms with Crippen LogP contribution in [0.5, 0.6) is 0 Å². The van der Waals surface area contributed by atoms with Gasteiger partial charge in [-0.05, 0) is 18.8 Å². The lowest BCUT2D eigenvalue weighted by Gasteiger charge is -2.11. The molecule has 1 aliphatic carbocycles. The zero-order valence-corrected chi connectivity index (χ0v) is 11.9. The molecule has 0 bridgehead atoms. The van der Waals surface area contributed by atoms with E-state index in [0.717, 1.165) is 11.4 Å². The van der Waals surface area contributed by atoms with Gasteiger partial charge in [-0.2, -0.15) is 0 Å². The molecule has 1 aliphatic heterocycles. The van der Waals surface area contributed by atoms with Gasteiger partial charge in [0.2, 0.25) is 6.10 Å². The molecule has 6 heteroatoms. The summed E-state index contributed by atoms with van der Waals surface area (Å²) in [6, 6.07) is 0.572. The van der Waals surface area contributed by atoms with Crippen LogP contribution in [0.3, 0.4) is 0 Å². The maximum absolute atomic E-state index is 12.1. The molecule has 0 spiro atoms. The van der Waals surface area contributed by atoms with E-state index >= 15 is 0 Å². The molecule has 1 aromatic heterocycles. The van der Waals surface area contributed by atoms with Gasteiger partial charge >= 0.3 is 0 Å². The number of rotatable bonds is 5. The smallest absolute Gasteiger partial charge is 0.264 e. The first kappa shape index (κ1) is 13.1. The monoisotopic (exact) mass is 276 g/mol. The lowest BCUT2D eigenvalue weighted by Crippen LogP contribution is -2.35. The van der Waals surface area contributed by atoms with Gasteiger partial charge in [0, 0.05) is 18.7 Å². The third-order valence-electron chi connectivity index (χ3n) is 3.78. The molecule has 2 heterocycles. The quantitative estimate of drug-likeness (QED) is 0.888. The second-order valence-electron chi connectivity index (χ2n) is 5.78. The van der Waals surface area contributed by atoms with Crippen LogP contribution in [0.4, 0.5) is 0 Å². The number of aromatic nitrogens is 2. The fourth-order valence-electron chi connectivity index (χ4n) is 2.32. The molecule has 1 N–H and O–H groups in total. The van der Waals surface area contributed by atoms with Crippen LogP contribution in [0.15, 0.2) is 17.7 Å². The number of hydrogen-bond acceptors (Lipinski definition) is 4. The molecular weight excluding hydrogens is 256 g/mol. The Bertz CT molecular complexity index is 531. The van der Waals surface area contributed by atoms with Crippen LogP contribution in [0.25, 0.3) is 0 Å². The number of carbonyl (C=O) groups excluding carboxylic acids is 1. The Kier molecular flexibility index (Phi) is 3.46. The average molecular weight is 276 g/mol. The van der Waals surface area contributed by atoms with E-state index in [1.54, 1.807) is 0 Å². The van der Waals surface area contributed by atoms with Crippen LogP contribution < -0.4 is 5.32 Å². The van der Waals surface area contributed by atoms with Crippen molar-refractivity contribution in [2.45, 2.75) is 51.8 Å². The van der Waals surface area contributed by atoms with Crippen molar-refractivity contribution >= 4 is 11.6 Å². The topological polar surface area (TPSA) is 68.5 Å². The second kappa shape index (κ2) is 5.26. The van der Waals surface area contributed by atoms with Crippen LogP contribution in [0.2, 0.25) is 0 Å². The van der Waals surface area contributed by atoms with Gasteiger partial charge in [0.15, 0.2) is 0 Å². The van der Waals surface area contributed by atoms with Crippen molar-refractivity contribution in [3.05, 3.63) is 18.2 Å². The molecule has 1 atom stereocenters. The minimum absolute atomic E-state index is 0.104. The zero-order valence-electron chi connectivity index (χ0n) is 11.9. The molecule has 1 aromatic rings. The van der Waals surface area contributed by atoms with Gasteiger partial charge in [0.25, 0.3) is 5.91 Å². The molecule has 0 radical (unpaired) electrons. The number of carbonyl (C=O) groups is 1. The van der Waals surface area contributed by atoms with Gasteiger partial charge in [-0.15, -0.1) is 0 Å². The summed E-state index contributed by atoms with van der Waals surface area (Å²) in [5.41, 5.74) is 2.00. The maximum Gasteiger partial charge on any atom is 0.264 e. The van der Waals surface area contributed by atoms with Crippen molar-refractivity contribution in [1.29, 1.82) is 0 Å². The largest absolute Gasteiger partial charge is 0.382 e. The van der Waals surface area contributed by atoms with Crippen molar-refractivity contribution in [2.75, 3.05) is 0 Å². The SMILES string of the molecule is CC(C)C1=NO[C@H](C(=O)NCc2cncn2C2CC2)C1. The van der Waals surface area contributed by atoms with Crippen LogP contribution >= 0.6 is 0 Å². The molecule has 0 saturated heterocycles. The molecule has 0 aromatic carbocycles. The van der Waals surface area contributed by atoms with Gasteiger partial charge in [-0.1, -0.05) is 19.0 Å². The fraction of sp³-hybridized carbons (Fsp3) is 0.643. The minimum Gasteiger partial charge on any atom is -0.382 e. The predicted octanol–water partition coefficient (Wildman–Crippen LogP) is 1.64. The third-order valence-corrected chi connectivity index (χ3v) is 3.78. The van der Waals surface area contributed by atoms with Gasteiger partial charge in [-0.3, -0.25) is 4.79 Å². The first-order chi connectivity index (χ1) is 9.65. The molecule has 6 nitrogen and oxygen atoms in total. The first-order valence-corrected chi connectivity index (χ1v) is 7.16. The lowest BCUT2D eigenvalue weighted by atomic mass is 10.0. The van der Waals surface area contributed by atoms with E-state index in [0.29, 0.717) is 24.9 Å². The van der Waals surface area contributed by atoms with Crippen molar-refractivity contribution in [3.63, 3.8) is 0 Å². The Morgan fingerprint density at radius 2 is 2.35 bits per heavy atom. The summed E-state index contributed by atoms with van der Waals surface area (Å²) in [4.78, 5) is 21.4. The predicted molar refractivity (Wildman–Crippen MR) is 74.1 cm³/mol. The summed E-state index contributed by atoms with van der Waals surface area (Å²) >= 11 is 0. The lowest BCUT2D eigenvalue weighted by molar-refractivity contribution is -0.131. The van der Waals surface area contributed by atoms with E-state index in [2.05, 4.69) is 33.9 Å². The van der Waals surface area contributed by atoms with E-state index in [-0.39, 0.29) is 5.91 Å². The van der Waals surface area contributed by atoms with Crippen LogP contribution in [-0.2, 0) is 16.2 Å². The number of amides is 1. The van der Waals surface area contributed by atoms with E-state index in [4.69, 9.17) is 4.84 Å². The van der Waals surface area contributed by atoms with Crippen molar-refractivity contribution < 1.29 is 9.63 Å². The molecule has 0 unspecified atom stereocenters. The third kappa shape index (κ3) is 2.69. The van der Waals surface area contributed by atoms with Gasteiger partial charge in [0.1, 0.15) is 0 Å². The van der Waals surface area contributed by atoms with Crippen LogP contribution in [-0.4, -0.2) is 27.3 Å². The summed E-state index contributed by atoms with van der Waals surface area (Å²) in [5, 5.41) is 6.89. The van der Waals surface area contributed by atoms with Gasteiger partial charge in [-0.25, -0.2) is 4.98 Å². The van der Waals surface area contributed by atoms with Crippen molar-refractivity contribution in [3.8, 4) is 0 Å². The molecule has 108 valence electrons. The number of hydrogen-bond donors (Lipinski definition) is 1. The van der Waals surface area contributed by atoms with E-state index < -0.39 is 6.10 Å².